The summed E-state index contributed by atoms with van der Waals surface area (Å²) in [6.07, 6.45) is 9.04. The first-order valence-electron chi connectivity index (χ1n) is 13.1. The molecule has 0 aliphatic rings. The molecule has 35 heavy (non-hydrogen) atoms. The van der Waals surface area contributed by atoms with Gasteiger partial charge in [0, 0.05) is 10.9 Å². The molecular weight excluding hydrogens is 427 g/mol. The molecule has 0 nitrogen and oxygen atoms in total. The maximum atomic E-state index is 15.1. The van der Waals surface area contributed by atoms with Crippen molar-refractivity contribution in [3.8, 4) is 11.8 Å². The summed E-state index contributed by atoms with van der Waals surface area (Å²) in [6.45, 7) is 4.42. The summed E-state index contributed by atoms with van der Waals surface area (Å²) in [5, 5.41) is 1.59. The van der Waals surface area contributed by atoms with E-state index < -0.39 is 0 Å². The molecule has 0 aliphatic heterocycles. The Morgan fingerprint density at radius 2 is 1.11 bits per heavy atom. The second-order valence-electron chi connectivity index (χ2n) is 9.45. The van der Waals surface area contributed by atoms with E-state index in [1.807, 2.05) is 30.3 Å². The van der Waals surface area contributed by atoms with Crippen molar-refractivity contribution in [2.75, 3.05) is 0 Å². The Morgan fingerprint density at radius 1 is 0.571 bits per heavy atom. The third-order valence-corrected chi connectivity index (χ3v) is 6.68. The fourth-order valence-electron chi connectivity index (χ4n) is 4.41. The van der Waals surface area contributed by atoms with E-state index in [1.54, 1.807) is 6.07 Å². The van der Waals surface area contributed by atoms with Gasteiger partial charge in [-0.25, -0.2) is 4.39 Å². The van der Waals surface area contributed by atoms with Crippen molar-refractivity contribution in [2.24, 2.45) is 0 Å². The molecule has 0 unspecified atom stereocenters. The molecule has 0 aromatic heterocycles. The molecule has 4 aromatic carbocycles. The molecule has 0 saturated heterocycles. The minimum atomic E-state index is -0.227. The normalized spacial score (nSPS) is 10.8. The van der Waals surface area contributed by atoms with Crippen molar-refractivity contribution < 1.29 is 4.39 Å². The molecular formula is C34H35F. The van der Waals surface area contributed by atoms with Gasteiger partial charge in [-0.3, -0.25) is 0 Å². The van der Waals surface area contributed by atoms with Crippen molar-refractivity contribution in [1.29, 1.82) is 0 Å². The van der Waals surface area contributed by atoms with Gasteiger partial charge in [0.2, 0.25) is 0 Å². The predicted molar refractivity (Wildman–Crippen MR) is 147 cm³/mol. The lowest BCUT2D eigenvalue weighted by molar-refractivity contribution is 0.636. The highest BCUT2D eigenvalue weighted by Crippen LogP contribution is 2.23. The number of benzene rings is 4. The van der Waals surface area contributed by atoms with Crippen LogP contribution in [0.15, 0.2) is 78.9 Å². The van der Waals surface area contributed by atoms with Gasteiger partial charge in [0.25, 0.3) is 0 Å². The van der Waals surface area contributed by atoms with Crippen LogP contribution in [0.25, 0.3) is 10.8 Å². The van der Waals surface area contributed by atoms with Gasteiger partial charge in [-0.1, -0.05) is 99.2 Å². The fourth-order valence-corrected chi connectivity index (χ4v) is 4.41. The Kier molecular flexibility index (Phi) is 8.74. The third kappa shape index (κ3) is 6.83. The highest BCUT2D eigenvalue weighted by molar-refractivity contribution is 5.85. The van der Waals surface area contributed by atoms with Crippen molar-refractivity contribution in [2.45, 2.75) is 65.2 Å². The zero-order valence-electron chi connectivity index (χ0n) is 21.0. The first kappa shape index (κ1) is 24.7. The predicted octanol–water partition coefficient (Wildman–Crippen LogP) is 8.85. The number of unbranched alkanes of at least 4 members (excludes halogenated alkanes) is 2. The monoisotopic (exact) mass is 462 g/mol. The van der Waals surface area contributed by atoms with Crippen LogP contribution in [0, 0.1) is 17.7 Å². The van der Waals surface area contributed by atoms with E-state index in [-0.39, 0.29) is 5.82 Å². The molecule has 0 amide bonds. The van der Waals surface area contributed by atoms with E-state index in [9.17, 15) is 0 Å². The molecule has 0 aliphatic carbocycles. The van der Waals surface area contributed by atoms with Crippen LogP contribution in [-0.2, 0) is 25.7 Å². The number of fused-ring (bicyclic) bond motifs is 1. The summed E-state index contributed by atoms with van der Waals surface area (Å²) in [7, 11) is 0. The van der Waals surface area contributed by atoms with Gasteiger partial charge >= 0.3 is 0 Å². The summed E-state index contributed by atoms with van der Waals surface area (Å²) >= 11 is 0. The molecule has 1 heteroatoms. The highest BCUT2D eigenvalue weighted by atomic mass is 19.1. The van der Waals surface area contributed by atoms with Crippen LogP contribution < -0.4 is 0 Å². The molecule has 0 spiro atoms. The smallest absolute Gasteiger partial charge is 0.146 e. The molecule has 0 radical (unpaired) electrons. The molecule has 0 fully saturated rings. The second kappa shape index (κ2) is 12.4. The zero-order chi connectivity index (χ0) is 24.5. The Morgan fingerprint density at radius 3 is 1.74 bits per heavy atom. The Labute approximate surface area is 210 Å². The minimum Gasteiger partial charge on any atom is -0.205 e. The van der Waals surface area contributed by atoms with Crippen LogP contribution in [0.2, 0.25) is 0 Å². The van der Waals surface area contributed by atoms with E-state index in [1.165, 1.54) is 41.5 Å². The van der Waals surface area contributed by atoms with Crippen LogP contribution in [0.5, 0.6) is 0 Å². The SMILES string of the molecule is CCCCc1ccc(CCc2ccc(C#Cc3ccc4cc(CCCC)ccc4c3F)cc2)cc1. The summed E-state index contributed by atoms with van der Waals surface area (Å²) in [5.74, 6) is 5.95. The van der Waals surface area contributed by atoms with Crippen molar-refractivity contribution in [1.82, 2.24) is 0 Å². The van der Waals surface area contributed by atoms with Gasteiger partial charge in [0.05, 0.1) is 5.56 Å². The first-order valence-corrected chi connectivity index (χ1v) is 13.1. The summed E-state index contributed by atoms with van der Waals surface area (Å²) in [5.41, 5.74) is 6.72. The molecule has 0 N–H and O–H groups in total. The van der Waals surface area contributed by atoms with E-state index in [2.05, 4.69) is 68.2 Å². The van der Waals surface area contributed by atoms with Crippen LogP contribution in [0.3, 0.4) is 0 Å². The Balaban J connectivity index is 1.38. The van der Waals surface area contributed by atoms with Crippen molar-refractivity contribution in [3.05, 3.63) is 118 Å². The largest absolute Gasteiger partial charge is 0.205 e. The van der Waals surface area contributed by atoms with E-state index in [0.29, 0.717) is 10.9 Å². The lowest BCUT2D eigenvalue weighted by Gasteiger charge is -2.06. The van der Waals surface area contributed by atoms with Crippen LogP contribution in [-0.4, -0.2) is 0 Å². The van der Waals surface area contributed by atoms with Gasteiger partial charge in [-0.2, -0.15) is 0 Å². The first-order chi connectivity index (χ1) is 17.2. The molecule has 0 saturated carbocycles. The number of hydrogen-bond acceptors (Lipinski definition) is 0. The quantitative estimate of drug-likeness (QED) is 0.218. The van der Waals surface area contributed by atoms with E-state index in [0.717, 1.165) is 43.1 Å². The number of halogens is 1. The van der Waals surface area contributed by atoms with Crippen LogP contribution in [0.4, 0.5) is 4.39 Å². The maximum absolute atomic E-state index is 15.1. The lowest BCUT2D eigenvalue weighted by atomic mass is 10.0. The Bertz CT molecular complexity index is 1300. The maximum Gasteiger partial charge on any atom is 0.146 e. The average Bonchev–Trinajstić information content (AvgIpc) is 2.90. The van der Waals surface area contributed by atoms with E-state index in [4.69, 9.17) is 0 Å². The highest BCUT2D eigenvalue weighted by Gasteiger charge is 2.06. The standard InChI is InChI=1S/C34H35F/c1-3-5-7-26-9-11-27(12-10-26)13-14-28-15-17-29(18-16-28)19-21-31-22-23-32-25-30(8-6-4-2)20-24-33(32)34(31)35/h9-12,15-18,20,22-25H,3-8,13-14H2,1-2H3. The molecule has 0 atom stereocenters. The fraction of sp³-hybridized carbons (Fsp3) is 0.294. The van der Waals surface area contributed by atoms with Crippen molar-refractivity contribution >= 4 is 10.8 Å². The van der Waals surface area contributed by atoms with Crippen molar-refractivity contribution in [3.63, 3.8) is 0 Å². The summed E-state index contributed by atoms with van der Waals surface area (Å²) in [4.78, 5) is 0. The Hall–Kier alpha value is -3.37. The summed E-state index contributed by atoms with van der Waals surface area (Å²) < 4.78 is 15.1. The van der Waals surface area contributed by atoms with Gasteiger partial charge < -0.3 is 0 Å². The minimum absolute atomic E-state index is 0.227. The summed E-state index contributed by atoms with van der Waals surface area (Å²) in [6, 6.07) is 27.2. The molecule has 178 valence electrons. The van der Waals surface area contributed by atoms with Gasteiger partial charge in [-0.15, -0.1) is 0 Å². The van der Waals surface area contributed by atoms with Gasteiger partial charge in [0.15, 0.2) is 0 Å². The van der Waals surface area contributed by atoms with E-state index >= 15 is 4.39 Å². The average molecular weight is 463 g/mol. The lowest BCUT2D eigenvalue weighted by Crippen LogP contribution is -1.93. The third-order valence-electron chi connectivity index (χ3n) is 6.68. The number of rotatable bonds is 9. The molecule has 0 bridgehead atoms. The number of hydrogen-bond donors (Lipinski definition) is 0. The molecule has 4 aromatic rings. The van der Waals surface area contributed by atoms with Crippen LogP contribution >= 0.6 is 0 Å². The number of aryl methyl sites for hydroxylation is 4. The van der Waals surface area contributed by atoms with Gasteiger partial charge in [-0.05, 0) is 84.4 Å². The van der Waals surface area contributed by atoms with Gasteiger partial charge in [0.1, 0.15) is 5.82 Å². The van der Waals surface area contributed by atoms with Crippen LogP contribution in [0.1, 0.15) is 72.9 Å². The zero-order valence-corrected chi connectivity index (χ0v) is 21.0. The topological polar surface area (TPSA) is 0 Å². The molecule has 4 rings (SSSR count). The second-order valence-corrected chi connectivity index (χ2v) is 9.45. The molecule has 0 heterocycles.